The Bertz CT molecular complexity index is 818. The molecule has 28 heavy (non-hydrogen) atoms. The molecule has 2 saturated heterocycles. The highest BCUT2D eigenvalue weighted by atomic mass is 19.1. The van der Waals surface area contributed by atoms with Crippen molar-refractivity contribution in [3.05, 3.63) is 53.6 Å². The van der Waals surface area contributed by atoms with Gasteiger partial charge in [0.1, 0.15) is 5.82 Å². The first-order chi connectivity index (χ1) is 13.6. The molecular weight excluding hydrogens is 355 g/mol. The molecular formula is C22H29FN4O. The average Bonchev–Trinajstić information content (AvgIpc) is 3.20. The normalized spacial score (nSPS) is 23.5. The second kappa shape index (κ2) is 8.03. The SMILES string of the molecule is CCn1cc(CN2CCCC3(CCC(=O)N3Cc3ccc(F)cc3)CC2)cn1. The third-order valence-corrected chi connectivity index (χ3v) is 6.36. The van der Waals surface area contributed by atoms with Gasteiger partial charge in [0.05, 0.1) is 6.20 Å². The van der Waals surface area contributed by atoms with E-state index >= 15 is 0 Å². The summed E-state index contributed by atoms with van der Waals surface area (Å²) in [5.41, 5.74) is 2.21. The Kier molecular flexibility index (Phi) is 5.49. The molecule has 1 spiro atoms. The summed E-state index contributed by atoms with van der Waals surface area (Å²) in [5, 5.41) is 4.38. The maximum Gasteiger partial charge on any atom is 0.223 e. The summed E-state index contributed by atoms with van der Waals surface area (Å²) >= 11 is 0. The van der Waals surface area contributed by atoms with Crippen LogP contribution in [-0.4, -0.2) is 44.1 Å². The van der Waals surface area contributed by atoms with Crippen LogP contribution in [0.5, 0.6) is 0 Å². The van der Waals surface area contributed by atoms with Crippen LogP contribution in [0, 0.1) is 5.82 Å². The number of hydrogen-bond acceptors (Lipinski definition) is 3. The van der Waals surface area contributed by atoms with Gasteiger partial charge in [-0.15, -0.1) is 0 Å². The number of amides is 1. The smallest absolute Gasteiger partial charge is 0.223 e. The van der Waals surface area contributed by atoms with Gasteiger partial charge in [-0.3, -0.25) is 14.4 Å². The summed E-state index contributed by atoms with van der Waals surface area (Å²) in [5.74, 6) is 0.00436. The number of rotatable bonds is 5. The highest BCUT2D eigenvalue weighted by Gasteiger charge is 2.45. The zero-order valence-corrected chi connectivity index (χ0v) is 16.6. The zero-order valence-electron chi connectivity index (χ0n) is 16.6. The van der Waals surface area contributed by atoms with Crippen LogP contribution < -0.4 is 0 Å². The fraction of sp³-hybridized carbons (Fsp3) is 0.545. The van der Waals surface area contributed by atoms with E-state index in [-0.39, 0.29) is 17.3 Å². The van der Waals surface area contributed by atoms with E-state index in [2.05, 4.69) is 28.0 Å². The van der Waals surface area contributed by atoms with Crippen LogP contribution in [0.2, 0.25) is 0 Å². The average molecular weight is 384 g/mol. The van der Waals surface area contributed by atoms with Crippen LogP contribution in [0.4, 0.5) is 4.39 Å². The van der Waals surface area contributed by atoms with E-state index < -0.39 is 0 Å². The lowest BCUT2D eigenvalue weighted by Gasteiger charge is -2.38. The number of likely N-dealkylation sites (tertiary alicyclic amines) is 2. The van der Waals surface area contributed by atoms with E-state index in [1.807, 2.05) is 10.9 Å². The molecule has 2 aliphatic rings. The van der Waals surface area contributed by atoms with Crippen molar-refractivity contribution in [2.75, 3.05) is 13.1 Å². The number of aromatic nitrogens is 2. The molecule has 0 aliphatic carbocycles. The number of benzene rings is 1. The quantitative estimate of drug-likeness (QED) is 0.791. The summed E-state index contributed by atoms with van der Waals surface area (Å²) in [6.07, 6.45) is 8.80. The number of nitrogens with zero attached hydrogens (tertiary/aromatic N) is 4. The van der Waals surface area contributed by atoms with Crippen molar-refractivity contribution in [1.29, 1.82) is 0 Å². The van der Waals surface area contributed by atoms with Crippen LogP contribution in [-0.2, 0) is 24.4 Å². The van der Waals surface area contributed by atoms with Crippen molar-refractivity contribution in [1.82, 2.24) is 19.6 Å². The van der Waals surface area contributed by atoms with Crippen molar-refractivity contribution in [2.24, 2.45) is 0 Å². The first-order valence-corrected chi connectivity index (χ1v) is 10.4. The number of carbonyl (C=O) groups is 1. The molecule has 1 aromatic carbocycles. The topological polar surface area (TPSA) is 41.4 Å². The Morgan fingerprint density at radius 1 is 1.07 bits per heavy atom. The molecule has 0 radical (unpaired) electrons. The molecule has 1 aromatic heterocycles. The third kappa shape index (κ3) is 3.97. The van der Waals surface area contributed by atoms with E-state index in [1.54, 1.807) is 12.1 Å². The molecule has 0 saturated carbocycles. The van der Waals surface area contributed by atoms with Gasteiger partial charge in [0, 0.05) is 49.9 Å². The predicted octanol–water partition coefficient (Wildman–Crippen LogP) is 3.59. The van der Waals surface area contributed by atoms with Gasteiger partial charge in [0.2, 0.25) is 5.91 Å². The Balaban J connectivity index is 1.44. The van der Waals surface area contributed by atoms with Crippen molar-refractivity contribution in [3.8, 4) is 0 Å². The van der Waals surface area contributed by atoms with Gasteiger partial charge >= 0.3 is 0 Å². The molecule has 1 atom stereocenters. The van der Waals surface area contributed by atoms with E-state index in [9.17, 15) is 9.18 Å². The summed E-state index contributed by atoms with van der Waals surface area (Å²) in [4.78, 5) is 17.2. The van der Waals surface area contributed by atoms with Gasteiger partial charge in [0.25, 0.3) is 0 Å². The lowest BCUT2D eigenvalue weighted by atomic mass is 9.87. The maximum absolute atomic E-state index is 13.2. The van der Waals surface area contributed by atoms with Crippen molar-refractivity contribution in [3.63, 3.8) is 0 Å². The monoisotopic (exact) mass is 384 g/mol. The summed E-state index contributed by atoms with van der Waals surface area (Å²) in [6, 6.07) is 6.55. The number of aryl methyl sites for hydroxylation is 1. The van der Waals surface area contributed by atoms with Gasteiger partial charge in [-0.05, 0) is 56.8 Å². The molecule has 2 fully saturated rings. The van der Waals surface area contributed by atoms with E-state index in [0.29, 0.717) is 13.0 Å². The van der Waals surface area contributed by atoms with Gasteiger partial charge in [-0.25, -0.2) is 4.39 Å². The van der Waals surface area contributed by atoms with Crippen molar-refractivity contribution < 1.29 is 9.18 Å². The molecule has 5 nitrogen and oxygen atoms in total. The van der Waals surface area contributed by atoms with Crippen LogP contribution in [0.15, 0.2) is 36.7 Å². The van der Waals surface area contributed by atoms with Gasteiger partial charge in [-0.2, -0.15) is 5.10 Å². The maximum atomic E-state index is 13.2. The molecule has 3 heterocycles. The van der Waals surface area contributed by atoms with Crippen LogP contribution in [0.25, 0.3) is 0 Å². The Morgan fingerprint density at radius 2 is 1.89 bits per heavy atom. The predicted molar refractivity (Wildman–Crippen MR) is 106 cm³/mol. The van der Waals surface area contributed by atoms with E-state index in [1.165, 1.54) is 17.7 Å². The van der Waals surface area contributed by atoms with Crippen molar-refractivity contribution >= 4 is 5.91 Å². The molecule has 6 heteroatoms. The highest BCUT2D eigenvalue weighted by Crippen LogP contribution is 2.40. The molecule has 1 amide bonds. The highest BCUT2D eigenvalue weighted by molar-refractivity contribution is 5.79. The number of hydrogen-bond donors (Lipinski definition) is 0. The van der Waals surface area contributed by atoms with E-state index in [0.717, 1.165) is 57.4 Å². The zero-order chi connectivity index (χ0) is 19.6. The minimum Gasteiger partial charge on any atom is -0.333 e. The molecule has 1 unspecified atom stereocenters. The largest absolute Gasteiger partial charge is 0.333 e. The van der Waals surface area contributed by atoms with Crippen LogP contribution in [0.3, 0.4) is 0 Å². The Morgan fingerprint density at radius 3 is 2.64 bits per heavy atom. The molecule has 0 bridgehead atoms. The fourth-order valence-electron chi connectivity index (χ4n) is 4.73. The van der Waals surface area contributed by atoms with Crippen LogP contribution >= 0.6 is 0 Å². The Hall–Kier alpha value is -2.21. The molecule has 0 N–H and O–H groups in total. The number of halogens is 1. The van der Waals surface area contributed by atoms with Crippen molar-refractivity contribution in [2.45, 2.75) is 64.2 Å². The minimum atomic E-state index is -0.234. The lowest BCUT2D eigenvalue weighted by molar-refractivity contribution is -0.132. The third-order valence-electron chi connectivity index (χ3n) is 6.36. The van der Waals surface area contributed by atoms with E-state index in [4.69, 9.17) is 0 Å². The fourth-order valence-corrected chi connectivity index (χ4v) is 4.73. The van der Waals surface area contributed by atoms with Gasteiger partial charge < -0.3 is 4.90 Å². The molecule has 4 rings (SSSR count). The molecule has 2 aromatic rings. The molecule has 2 aliphatic heterocycles. The lowest BCUT2D eigenvalue weighted by Crippen LogP contribution is -2.45. The number of carbonyl (C=O) groups excluding carboxylic acids is 1. The Labute approximate surface area is 166 Å². The molecule has 150 valence electrons. The van der Waals surface area contributed by atoms with Gasteiger partial charge in [0.15, 0.2) is 0 Å². The van der Waals surface area contributed by atoms with Crippen LogP contribution in [0.1, 0.15) is 50.2 Å². The van der Waals surface area contributed by atoms with Gasteiger partial charge in [-0.1, -0.05) is 12.1 Å². The minimum absolute atomic E-state index is 0.0478. The summed E-state index contributed by atoms with van der Waals surface area (Å²) in [6.45, 7) is 6.54. The first kappa shape index (κ1) is 19.1. The summed E-state index contributed by atoms with van der Waals surface area (Å²) < 4.78 is 15.2. The second-order valence-corrected chi connectivity index (χ2v) is 8.16. The standard InChI is InChI=1S/C22H29FN4O/c1-2-26-16-19(14-24-26)15-25-12-3-9-22(11-13-25)10-8-21(28)27(22)17-18-4-6-20(23)7-5-18/h4-7,14,16H,2-3,8-13,15,17H2,1H3. The second-order valence-electron chi connectivity index (χ2n) is 8.16. The summed E-state index contributed by atoms with van der Waals surface area (Å²) in [7, 11) is 0. The first-order valence-electron chi connectivity index (χ1n) is 10.4.